The van der Waals surface area contributed by atoms with Gasteiger partial charge in [0, 0.05) is 52.4 Å². The predicted octanol–water partition coefficient (Wildman–Crippen LogP) is 2.56. The molecule has 0 radical (unpaired) electrons. The van der Waals surface area contributed by atoms with Gasteiger partial charge in [-0.05, 0) is 44.5 Å². The summed E-state index contributed by atoms with van der Waals surface area (Å²) < 4.78 is 11.0. The standard InChI is InChI=1S/C21H36N4O2/c1-18-8-9-19(20(16-18)27-15-7-14-26-3)17-24-21(22-2)23-10-13-25-11-5-4-6-12-25/h8-9,16H,4-7,10-15,17H2,1-3H3,(H2,22,23,24). The van der Waals surface area contributed by atoms with Gasteiger partial charge in [0.25, 0.3) is 0 Å². The summed E-state index contributed by atoms with van der Waals surface area (Å²) in [4.78, 5) is 6.86. The van der Waals surface area contributed by atoms with Crippen LogP contribution in [0.5, 0.6) is 5.75 Å². The highest BCUT2D eigenvalue weighted by atomic mass is 16.5. The highest BCUT2D eigenvalue weighted by Crippen LogP contribution is 2.20. The Balaban J connectivity index is 1.78. The van der Waals surface area contributed by atoms with Gasteiger partial charge in [0.1, 0.15) is 5.75 Å². The fourth-order valence-corrected chi connectivity index (χ4v) is 3.24. The van der Waals surface area contributed by atoms with E-state index in [0.29, 0.717) is 19.8 Å². The van der Waals surface area contributed by atoms with E-state index >= 15 is 0 Å². The van der Waals surface area contributed by atoms with E-state index in [9.17, 15) is 0 Å². The van der Waals surface area contributed by atoms with Gasteiger partial charge in [0.15, 0.2) is 5.96 Å². The molecule has 0 amide bonds. The van der Waals surface area contributed by atoms with Crippen molar-refractivity contribution in [1.29, 1.82) is 0 Å². The van der Waals surface area contributed by atoms with E-state index in [-0.39, 0.29) is 0 Å². The van der Waals surface area contributed by atoms with Crippen LogP contribution in [0.4, 0.5) is 0 Å². The summed E-state index contributed by atoms with van der Waals surface area (Å²) in [6.07, 6.45) is 4.91. The van der Waals surface area contributed by atoms with Crippen molar-refractivity contribution >= 4 is 5.96 Å². The number of rotatable bonds is 10. The number of guanidine groups is 1. The van der Waals surface area contributed by atoms with Crippen molar-refractivity contribution in [2.75, 3.05) is 53.6 Å². The zero-order valence-corrected chi connectivity index (χ0v) is 17.2. The number of nitrogens with zero attached hydrogens (tertiary/aromatic N) is 2. The van der Waals surface area contributed by atoms with Crippen molar-refractivity contribution < 1.29 is 9.47 Å². The topological polar surface area (TPSA) is 58.1 Å². The molecule has 0 saturated carbocycles. The average molecular weight is 377 g/mol. The lowest BCUT2D eigenvalue weighted by Gasteiger charge is -2.26. The lowest BCUT2D eigenvalue weighted by molar-refractivity contribution is 0.171. The molecule has 1 aliphatic heterocycles. The maximum atomic E-state index is 5.96. The first-order chi connectivity index (χ1) is 13.2. The molecule has 1 saturated heterocycles. The molecule has 27 heavy (non-hydrogen) atoms. The van der Waals surface area contributed by atoms with Gasteiger partial charge in [-0.25, -0.2) is 0 Å². The van der Waals surface area contributed by atoms with Crippen LogP contribution in [0, 0.1) is 6.92 Å². The van der Waals surface area contributed by atoms with Gasteiger partial charge in [-0.15, -0.1) is 0 Å². The third-order valence-corrected chi connectivity index (χ3v) is 4.81. The number of ether oxygens (including phenoxy) is 2. The number of hydrogen-bond donors (Lipinski definition) is 2. The minimum atomic E-state index is 0.660. The van der Waals surface area contributed by atoms with Gasteiger partial charge in [-0.3, -0.25) is 4.99 Å². The van der Waals surface area contributed by atoms with Gasteiger partial charge in [0.05, 0.1) is 6.61 Å². The molecule has 0 aromatic heterocycles. The van der Waals surface area contributed by atoms with Gasteiger partial charge < -0.3 is 25.0 Å². The average Bonchev–Trinajstić information content (AvgIpc) is 2.69. The molecule has 1 heterocycles. The summed E-state index contributed by atoms with van der Waals surface area (Å²) in [7, 11) is 3.53. The molecule has 6 nitrogen and oxygen atoms in total. The molecular formula is C21H36N4O2. The SMILES string of the molecule is CN=C(NCCN1CCCCC1)NCc1ccc(C)cc1OCCCOC. The quantitative estimate of drug-likeness (QED) is 0.373. The second-order valence-corrected chi connectivity index (χ2v) is 7.06. The second kappa shape index (κ2) is 12.6. The Labute approximate surface area is 164 Å². The van der Waals surface area contributed by atoms with E-state index in [2.05, 4.69) is 45.6 Å². The third-order valence-electron chi connectivity index (χ3n) is 4.81. The van der Waals surface area contributed by atoms with Crippen LogP contribution >= 0.6 is 0 Å². The van der Waals surface area contributed by atoms with Crippen molar-refractivity contribution in [2.24, 2.45) is 4.99 Å². The molecule has 6 heteroatoms. The minimum absolute atomic E-state index is 0.660. The van der Waals surface area contributed by atoms with Crippen LogP contribution < -0.4 is 15.4 Å². The van der Waals surface area contributed by atoms with Gasteiger partial charge in [-0.2, -0.15) is 0 Å². The molecule has 0 atom stereocenters. The zero-order chi connectivity index (χ0) is 19.3. The van der Waals surface area contributed by atoms with Crippen LogP contribution in [-0.4, -0.2) is 64.4 Å². The van der Waals surface area contributed by atoms with Gasteiger partial charge in [0.2, 0.25) is 0 Å². The summed E-state index contributed by atoms with van der Waals surface area (Å²) in [5, 5.41) is 6.82. The molecule has 0 bridgehead atoms. The molecule has 2 rings (SSSR count). The van der Waals surface area contributed by atoms with Crippen LogP contribution in [0.2, 0.25) is 0 Å². The monoisotopic (exact) mass is 376 g/mol. The molecule has 152 valence electrons. The largest absolute Gasteiger partial charge is 0.493 e. The predicted molar refractivity (Wildman–Crippen MR) is 112 cm³/mol. The first kappa shape index (κ1) is 21.5. The summed E-state index contributed by atoms with van der Waals surface area (Å²) in [6, 6.07) is 6.33. The number of benzene rings is 1. The Kier molecular flexibility index (Phi) is 10.0. The van der Waals surface area contributed by atoms with E-state index in [0.717, 1.165) is 36.8 Å². The first-order valence-corrected chi connectivity index (χ1v) is 10.1. The third kappa shape index (κ3) is 8.18. The van der Waals surface area contributed by atoms with E-state index < -0.39 is 0 Å². The zero-order valence-electron chi connectivity index (χ0n) is 17.2. The van der Waals surface area contributed by atoms with E-state index in [1.165, 1.54) is 37.9 Å². The smallest absolute Gasteiger partial charge is 0.191 e. The summed E-state index contributed by atoms with van der Waals surface area (Å²) >= 11 is 0. The molecule has 1 aromatic rings. The Bertz CT molecular complexity index is 571. The highest BCUT2D eigenvalue weighted by molar-refractivity contribution is 5.79. The number of methoxy groups -OCH3 is 1. The highest BCUT2D eigenvalue weighted by Gasteiger charge is 2.10. The van der Waals surface area contributed by atoms with Crippen molar-refractivity contribution in [3.8, 4) is 5.75 Å². The maximum Gasteiger partial charge on any atom is 0.191 e. The van der Waals surface area contributed by atoms with Crippen molar-refractivity contribution in [2.45, 2.75) is 39.2 Å². The second-order valence-electron chi connectivity index (χ2n) is 7.06. The molecule has 1 fully saturated rings. The van der Waals surface area contributed by atoms with Crippen molar-refractivity contribution in [3.05, 3.63) is 29.3 Å². The van der Waals surface area contributed by atoms with Gasteiger partial charge in [-0.1, -0.05) is 18.6 Å². The number of piperidine rings is 1. The summed E-state index contributed by atoms with van der Waals surface area (Å²) in [5.41, 5.74) is 2.33. The van der Waals surface area contributed by atoms with E-state index in [1.807, 2.05) is 7.05 Å². The molecule has 1 aromatic carbocycles. The lowest BCUT2D eigenvalue weighted by atomic mass is 10.1. The van der Waals surface area contributed by atoms with Crippen LogP contribution in [0.1, 0.15) is 36.8 Å². The fraction of sp³-hybridized carbons (Fsp3) is 0.667. The number of likely N-dealkylation sites (tertiary alicyclic amines) is 1. The first-order valence-electron chi connectivity index (χ1n) is 10.1. The number of aliphatic imine (C=N–C) groups is 1. The number of aryl methyl sites for hydroxylation is 1. The summed E-state index contributed by atoms with van der Waals surface area (Å²) in [5.74, 6) is 1.76. The van der Waals surface area contributed by atoms with Crippen molar-refractivity contribution in [3.63, 3.8) is 0 Å². The molecule has 0 spiro atoms. The van der Waals surface area contributed by atoms with Gasteiger partial charge >= 0.3 is 0 Å². The molecule has 2 N–H and O–H groups in total. The van der Waals surface area contributed by atoms with Crippen LogP contribution in [0.25, 0.3) is 0 Å². The fourth-order valence-electron chi connectivity index (χ4n) is 3.24. The molecular weight excluding hydrogens is 340 g/mol. The van der Waals surface area contributed by atoms with Crippen LogP contribution in [0.3, 0.4) is 0 Å². The Hall–Kier alpha value is -1.79. The molecule has 1 aliphatic rings. The number of hydrogen-bond acceptors (Lipinski definition) is 4. The van der Waals surface area contributed by atoms with Crippen LogP contribution in [0.15, 0.2) is 23.2 Å². The Morgan fingerprint density at radius 1 is 1.15 bits per heavy atom. The maximum absolute atomic E-state index is 5.96. The molecule has 0 aliphatic carbocycles. The Morgan fingerprint density at radius 2 is 1.96 bits per heavy atom. The summed E-state index contributed by atoms with van der Waals surface area (Å²) in [6.45, 7) is 8.57. The van der Waals surface area contributed by atoms with E-state index in [1.54, 1.807) is 7.11 Å². The lowest BCUT2D eigenvalue weighted by Crippen LogP contribution is -2.42. The normalized spacial score (nSPS) is 15.6. The number of nitrogens with one attached hydrogen (secondary N) is 2. The van der Waals surface area contributed by atoms with Crippen LogP contribution in [-0.2, 0) is 11.3 Å². The van der Waals surface area contributed by atoms with Crippen molar-refractivity contribution in [1.82, 2.24) is 15.5 Å². The molecule has 0 unspecified atom stereocenters. The van der Waals surface area contributed by atoms with E-state index in [4.69, 9.17) is 9.47 Å². The Morgan fingerprint density at radius 3 is 2.70 bits per heavy atom. The minimum Gasteiger partial charge on any atom is -0.493 e.